The molecule has 0 aromatic heterocycles. The second kappa shape index (κ2) is 10.8. The molecule has 5 nitrogen and oxygen atoms in total. The number of nitrogens with zero attached hydrogens (tertiary/aromatic N) is 2. The Bertz CT molecular complexity index is 383. The molecule has 0 aromatic rings. The van der Waals surface area contributed by atoms with Crippen LogP contribution < -0.4 is 10.6 Å². The highest BCUT2D eigenvalue weighted by molar-refractivity contribution is 7.99. The standard InChI is InChI=1S/C17H34N4OS/c1-6-23-15-9-7-8-14(10-15)20-17(18-11-13(2)3)19-12-16(22)21(4)5/h13-15H,6-12H2,1-5H3,(H2,18,19,20). The Kier molecular flexibility index (Phi) is 9.44. The lowest BCUT2D eigenvalue weighted by atomic mass is 9.95. The van der Waals surface area contributed by atoms with Crippen molar-refractivity contribution in [2.75, 3.05) is 32.9 Å². The highest BCUT2D eigenvalue weighted by Gasteiger charge is 2.22. The van der Waals surface area contributed by atoms with E-state index >= 15 is 0 Å². The molecule has 1 aliphatic carbocycles. The van der Waals surface area contributed by atoms with E-state index < -0.39 is 0 Å². The molecule has 1 aliphatic rings. The van der Waals surface area contributed by atoms with Crippen LogP contribution in [0.1, 0.15) is 46.5 Å². The van der Waals surface area contributed by atoms with Crippen LogP contribution in [0.2, 0.25) is 0 Å². The first-order valence-electron chi connectivity index (χ1n) is 8.79. The summed E-state index contributed by atoms with van der Waals surface area (Å²) < 4.78 is 0. The summed E-state index contributed by atoms with van der Waals surface area (Å²) in [6.07, 6.45) is 4.96. The number of aliphatic imine (C=N–C) groups is 1. The molecular formula is C17H34N4OS. The number of likely N-dealkylation sites (N-methyl/N-ethyl adjacent to an activating group) is 1. The lowest BCUT2D eigenvalue weighted by Gasteiger charge is -2.30. The maximum Gasteiger partial charge on any atom is 0.243 e. The molecule has 1 amide bonds. The molecule has 0 spiro atoms. The second-order valence-corrected chi connectivity index (χ2v) is 8.39. The van der Waals surface area contributed by atoms with Gasteiger partial charge in [-0.3, -0.25) is 4.79 Å². The van der Waals surface area contributed by atoms with Gasteiger partial charge in [0.05, 0.1) is 0 Å². The van der Waals surface area contributed by atoms with Crippen LogP contribution in [0.25, 0.3) is 0 Å². The van der Waals surface area contributed by atoms with E-state index in [2.05, 4.69) is 48.2 Å². The first kappa shape index (κ1) is 20.1. The van der Waals surface area contributed by atoms with E-state index in [9.17, 15) is 4.79 Å². The summed E-state index contributed by atoms with van der Waals surface area (Å²) in [6, 6.07) is 0.459. The van der Waals surface area contributed by atoms with Crippen LogP contribution in [-0.4, -0.2) is 61.0 Å². The van der Waals surface area contributed by atoms with Crippen LogP contribution in [0.3, 0.4) is 0 Å². The van der Waals surface area contributed by atoms with Gasteiger partial charge >= 0.3 is 0 Å². The van der Waals surface area contributed by atoms with Gasteiger partial charge in [0.15, 0.2) is 5.96 Å². The fourth-order valence-corrected chi connectivity index (χ4v) is 3.77. The zero-order valence-electron chi connectivity index (χ0n) is 15.4. The van der Waals surface area contributed by atoms with Gasteiger partial charge in [-0.05, 0) is 30.9 Å². The van der Waals surface area contributed by atoms with Crippen molar-refractivity contribution in [3.05, 3.63) is 0 Å². The summed E-state index contributed by atoms with van der Waals surface area (Å²) in [7, 11) is 3.53. The summed E-state index contributed by atoms with van der Waals surface area (Å²) in [5.74, 6) is 2.53. The van der Waals surface area contributed by atoms with Crippen LogP contribution in [0, 0.1) is 5.92 Å². The van der Waals surface area contributed by atoms with E-state index in [1.54, 1.807) is 19.0 Å². The van der Waals surface area contributed by atoms with Gasteiger partial charge in [-0.2, -0.15) is 11.8 Å². The average Bonchev–Trinajstić information content (AvgIpc) is 2.50. The maximum absolute atomic E-state index is 11.8. The average molecular weight is 343 g/mol. The predicted octanol–water partition coefficient (Wildman–Crippen LogP) is 2.33. The molecule has 2 unspecified atom stereocenters. The molecule has 23 heavy (non-hydrogen) atoms. The number of hydrogen-bond donors (Lipinski definition) is 2. The number of nitrogens with one attached hydrogen (secondary N) is 2. The molecule has 0 aromatic carbocycles. The molecule has 1 saturated carbocycles. The van der Waals surface area contributed by atoms with E-state index in [0.717, 1.165) is 17.8 Å². The van der Waals surface area contributed by atoms with E-state index in [-0.39, 0.29) is 12.5 Å². The normalized spacial score (nSPS) is 22.1. The quantitative estimate of drug-likeness (QED) is 0.551. The lowest BCUT2D eigenvalue weighted by Crippen LogP contribution is -2.47. The molecular weight excluding hydrogens is 308 g/mol. The number of rotatable bonds is 7. The second-order valence-electron chi connectivity index (χ2n) is 6.81. The van der Waals surface area contributed by atoms with E-state index in [1.807, 2.05) is 0 Å². The van der Waals surface area contributed by atoms with Crippen molar-refractivity contribution in [1.82, 2.24) is 15.5 Å². The van der Waals surface area contributed by atoms with Crippen LogP contribution in [-0.2, 0) is 4.79 Å². The van der Waals surface area contributed by atoms with Crippen molar-refractivity contribution in [2.24, 2.45) is 10.9 Å². The van der Waals surface area contributed by atoms with Gasteiger partial charge in [0.2, 0.25) is 5.91 Å². The van der Waals surface area contributed by atoms with Crippen LogP contribution in [0.4, 0.5) is 0 Å². The van der Waals surface area contributed by atoms with Gasteiger partial charge in [-0.25, -0.2) is 4.99 Å². The van der Waals surface area contributed by atoms with Crippen molar-refractivity contribution in [3.8, 4) is 0 Å². The molecule has 0 heterocycles. The third-order valence-electron chi connectivity index (χ3n) is 3.92. The Balaban J connectivity index is 2.60. The number of hydrogen-bond acceptors (Lipinski definition) is 3. The highest BCUT2D eigenvalue weighted by atomic mass is 32.2. The number of thioether (sulfide) groups is 1. The highest BCUT2D eigenvalue weighted by Crippen LogP contribution is 2.28. The van der Waals surface area contributed by atoms with E-state index in [4.69, 9.17) is 0 Å². The molecule has 134 valence electrons. The minimum Gasteiger partial charge on any atom is -0.356 e. The topological polar surface area (TPSA) is 56.7 Å². The molecule has 2 N–H and O–H groups in total. The van der Waals surface area contributed by atoms with Gasteiger partial charge in [0.1, 0.15) is 6.54 Å². The third-order valence-corrected chi connectivity index (χ3v) is 5.15. The predicted molar refractivity (Wildman–Crippen MR) is 101 cm³/mol. The molecule has 0 saturated heterocycles. The van der Waals surface area contributed by atoms with Crippen LogP contribution in [0.5, 0.6) is 0 Å². The third kappa shape index (κ3) is 8.49. The zero-order valence-corrected chi connectivity index (χ0v) is 16.2. The molecule has 0 aliphatic heterocycles. The van der Waals surface area contributed by atoms with Crippen LogP contribution >= 0.6 is 11.8 Å². The van der Waals surface area contributed by atoms with Crippen molar-refractivity contribution >= 4 is 23.6 Å². The largest absolute Gasteiger partial charge is 0.356 e. The van der Waals surface area contributed by atoms with Crippen molar-refractivity contribution < 1.29 is 4.79 Å². The Morgan fingerprint density at radius 3 is 2.70 bits per heavy atom. The minimum atomic E-state index is 0.0266. The number of guanidine groups is 1. The molecule has 0 radical (unpaired) electrons. The van der Waals surface area contributed by atoms with Gasteiger partial charge in [0.25, 0.3) is 0 Å². The fourth-order valence-electron chi connectivity index (χ4n) is 2.60. The van der Waals surface area contributed by atoms with E-state index in [0.29, 0.717) is 12.0 Å². The molecule has 2 atom stereocenters. The van der Waals surface area contributed by atoms with Crippen molar-refractivity contribution in [3.63, 3.8) is 0 Å². The monoisotopic (exact) mass is 342 g/mol. The first-order chi connectivity index (χ1) is 10.9. The summed E-state index contributed by atoms with van der Waals surface area (Å²) >= 11 is 2.06. The molecule has 6 heteroatoms. The Morgan fingerprint density at radius 1 is 1.35 bits per heavy atom. The molecule has 1 rings (SSSR count). The smallest absolute Gasteiger partial charge is 0.243 e. The van der Waals surface area contributed by atoms with Gasteiger partial charge in [-0.15, -0.1) is 0 Å². The maximum atomic E-state index is 11.8. The van der Waals surface area contributed by atoms with Gasteiger partial charge in [0, 0.05) is 31.9 Å². The molecule has 0 bridgehead atoms. The van der Waals surface area contributed by atoms with Crippen molar-refractivity contribution in [1.29, 1.82) is 0 Å². The van der Waals surface area contributed by atoms with E-state index in [1.165, 1.54) is 31.4 Å². The SMILES string of the molecule is CCSC1CCCC(NC(=NCC(=O)N(C)C)NCC(C)C)C1. The fraction of sp³-hybridized carbons (Fsp3) is 0.882. The summed E-state index contributed by atoms with van der Waals surface area (Å²) in [5.41, 5.74) is 0. The number of amides is 1. The minimum absolute atomic E-state index is 0.0266. The van der Waals surface area contributed by atoms with Gasteiger partial charge in [-0.1, -0.05) is 27.2 Å². The number of carbonyl (C=O) groups is 1. The number of carbonyl (C=O) groups excluding carboxylic acids is 1. The summed E-state index contributed by atoms with van der Waals surface area (Å²) in [4.78, 5) is 17.8. The Labute approximate surface area is 146 Å². The van der Waals surface area contributed by atoms with Gasteiger partial charge < -0.3 is 15.5 Å². The molecule has 1 fully saturated rings. The van der Waals surface area contributed by atoms with Crippen LogP contribution in [0.15, 0.2) is 4.99 Å². The lowest BCUT2D eigenvalue weighted by molar-refractivity contribution is -0.127. The summed E-state index contributed by atoms with van der Waals surface area (Å²) in [5, 5.41) is 7.67. The van der Waals surface area contributed by atoms with Crippen molar-refractivity contribution in [2.45, 2.75) is 57.7 Å². The summed E-state index contributed by atoms with van der Waals surface area (Å²) in [6.45, 7) is 7.63. The Morgan fingerprint density at radius 2 is 2.09 bits per heavy atom. The Hall–Kier alpha value is -0.910. The zero-order chi connectivity index (χ0) is 17.2. The first-order valence-corrected chi connectivity index (χ1v) is 9.83.